The van der Waals surface area contributed by atoms with Crippen LogP contribution in [0.5, 0.6) is 0 Å². The Hall–Kier alpha value is -0.160. The second-order valence-electron chi connectivity index (χ2n) is 4.28. The summed E-state index contributed by atoms with van der Waals surface area (Å²) in [6.07, 6.45) is 3.67. The van der Waals surface area contributed by atoms with Crippen LogP contribution in [0.2, 0.25) is 0 Å². The van der Waals surface area contributed by atoms with Crippen LogP contribution in [0.25, 0.3) is 0 Å². The summed E-state index contributed by atoms with van der Waals surface area (Å²) in [5.41, 5.74) is 6.00. The molecular weight excluding hydrogens is 192 g/mol. The van der Waals surface area contributed by atoms with Crippen molar-refractivity contribution in [2.75, 3.05) is 40.5 Å². The molecule has 4 nitrogen and oxygen atoms in total. The minimum Gasteiger partial charge on any atom is -0.385 e. The van der Waals surface area contributed by atoms with Crippen molar-refractivity contribution in [2.24, 2.45) is 5.73 Å². The first-order valence-corrected chi connectivity index (χ1v) is 5.76. The zero-order valence-corrected chi connectivity index (χ0v) is 9.95. The fraction of sp³-hybridized carbons (Fsp3) is 1.00. The first-order valence-electron chi connectivity index (χ1n) is 5.76. The monoisotopic (exact) mass is 216 g/mol. The van der Waals surface area contributed by atoms with E-state index in [0.29, 0.717) is 6.10 Å². The summed E-state index contributed by atoms with van der Waals surface area (Å²) in [6.45, 7) is 3.97. The normalized spacial score (nSPS) is 21.8. The fourth-order valence-corrected chi connectivity index (χ4v) is 2.02. The Morgan fingerprint density at radius 1 is 1.33 bits per heavy atom. The van der Waals surface area contributed by atoms with Gasteiger partial charge in [0.05, 0.1) is 6.10 Å². The van der Waals surface area contributed by atoms with Crippen LogP contribution in [0.4, 0.5) is 0 Å². The third-order valence-corrected chi connectivity index (χ3v) is 3.05. The molecule has 0 bridgehead atoms. The Labute approximate surface area is 92.7 Å². The maximum atomic E-state index is 6.00. The zero-order chi connectivity index (χ0) is 11.1. The Morgan fingerprint density at radius 3 is 2.53 bits per heavy atom. The van der Waals surface area contributed by atoms with E-state index in [9.17, 15) is 0 Å². The number of rotatable bonds is 6. The van der Waals surface area contributed by atoms with Gasteiger partial charge in [0.1, 0.15) is 0 Å². The lowest BCUT2D eigenvalue weighted by Gasteiger charge is -2.32. The van der Waals surface area contributed by atoms with E-state index in [2.05, 4.69) is 4.90 Å². The SMILES string of the molecule is COCCC(N)CN1CCC(OC)CC1. The molecule has 1 aliphatic heterocycles. The highest BCUT2D eigenvalue weighted by Crippen LogP contribution is 2.12. The molecule has 1 aliphatic rings. The van der Waals surface area contributed by atoms with Gasteiger partial charge in [-0.25, -0.2) is 0 Å². The molecule has 1 unspecified atom stereocenters. The van der Waals surface area contributed by atoms with Crippen molar-refractivity contribution < 1.29 is 9.47 Å². The van der Waals surface area contributed by atoms with Gasteiger partial charge in [-0.2, -0.15) is 0 Å². The summed E-state index contributed by atoms with van der Waals surface area (Å²) >= 11 is 0. The third-order valence-electron chi connectivity index (χ3n) is 3.05. The Kier molecular flexibility index (Phi) is 6.17. The first-order chi connectivity index (χ1) is 7.26. The highest BCUT2D eigenvalue weighted by Gasteiger charge is 2.19. The van der Waals surface area contributed by atoms with Crippen molar-refractivity contribution >= 4 is 0 Å². The zero-order valence-electron chi connectivity index (χ0n) is 9.95. The van der Waals surface area contributed by atoms with Gasteiger partial charge >= 0.3 is 0 Å². The van der Waals surface area contributed by atoms with E-state index in [4.69, 9.17) is 15.2 Å². The van der Waals surface area contributed by atoms with E-state index in [1.807, 2.05) is 0 Å². The number of nitrogens with two attached hydrogens (primary N) is 1. The highest BCUT2D eigenvalue weighted by molar-refractivity contribution is 4.75. The largest absolute Gasteiger partial charge is 0.385 e. The predicted octanol–water partition coefficient (Wildman–Crippen LogP) is 0.461. The molecule has 2 N–H and O–H groups in total. The van der Waals surface area contributed by atoms with Crippen LogP contribution in [0, 0.1) is 0 Å². The molecule has 4 heteroatoms. The average Bonchev–Trinajstić information content (AvgIpc) is 2.27. The van der Waals surface area contributed by atoms with Crippen LogP contribution in [0.3, 0.4) is 0 Å². The lowest BCUT2D eigenvalue weighted by atomic mass is 10.1. The molecule has 0 saturated carbocycles. The van der Waals surface area contributed by atoms with Crippen LogP contribution in [0.1, 0.15) is 19.3 Å². The number of ether oxygens (including phenoxy) is 2. The molecule has 0 aliphatic carbocycles. The molecular formula is C11H24N2O2. The van der Waals surface area contributed by atoms with Crippen molar-refractivity contribution in [2.45, 2.75) is 31.4 Å². The molecule has 1 fully saturated rings. The Morgan fingerprint density at radius 2 is 2.00 bits per heavy atom. The van der Waals surface area contributed by atoms with E-state index in [1.165, 1.54) is 0 Å². The van der Waals surface area contributed by atoms with Gasteiger partial charge in [0.15, 0.2) is 0 Å². The van der Waals surface area contributed by atoms with Crippen LogP contribution < -0.4 is 5.73 Å². The van der Waals surface area contributed by atoms with Crippen LogP contribution in [-0.2, 0) is 9.47 Å². The molecule has 0 aromatic heterocycles. The second kappa shape index (κ2) is 7.17. The molecule has 90 valence electrons. The van der Waals surface area contributed by atoms with E-state index < -0.39 is 0 Å². The van der Waals surface area contributed by atoms with E-state index >= 15 is 0 Å². The van der Waals surface area contributed by atoms with Gasteiger partial charge in [-0.15, -0.1) is 0 Å². The van der Waals surface area contributed by atoms with Gasteiger partial charge in [-0.1, -0.05) is 0 Å². The number of hydrogen-bond donors (Lipinski definition) is 1. The summed E-state index contributed by atoms with van der Waals surface area (Å²) in [7, 11) is 3.52. The van der Waals surface area contributed by atoms with Crippen molar-refractivity contribution in [3.8, 4) is 0 Å². The van der Waals surface area contributed by atoms with Crippen molar-refractivity contribution in [1.82, 2.24) is 4.90 Å². The topological polar surface area (TPSA) is 47.7 Å². The molecule has 15 heavy (non-hydrogen) atoms. The number of methoxy groups -OCH3 is 2. The van der Waals surface area contributed by atoms with Gasteiger partial charge in [-0.3, -0.25) is 0 Å². The number of piperidine rings is 1. The maximum Gasteiger partial charge on any atom is 0.0595 e. The van der Waals surface area contributed by atoms with Gasteiger partial charge in [0, 0.05) is 46.5 Å². The number of likely N-dealkylation sites (tertiary alicyclic amines) is 1. The summed E-state index contributed by atoms with van der Waals surface area (Å²) in [5, 5.41) is 0. The van der Waals surface area contributed by atoms with Gasteiger partial charge in [0.25, 0.3) is 0 Å². The second-order valence-corrected chi connectivity index (χ2v) is 4.28. The van der Waals surface area contributed by atoms with E-state index in [1.54, 1.807) is 14.2 Å². The van der Waals surface area contributed by atoms with Crippen molar-refractivity contribution in [3.05, 3.63) is 0 Å². The molecule has 1 rings (SSSR count). The Bertz CT molecular complexity index is 159. The molecule has 1 heterocycles. The van der Waals surface area contributed by atoms with Gasteiger partial charge in [0.2, 0.25) is 0 Å². The first kappa shape index (κ1) is 12.9. The quantitative estimate of drug-likeness (QED) is 0.701. The van der Waals surface area contributed by atoms with Crippen LogP contribution >= 0.6 is 0 Å². The van der Waals surface area contributed by atoms with E-state index in [-0.39, 0.29) is 6.04 Å². The van der Waals surface area contributed by atoms with Gasteiger partial charge in [-0.05, 0) is 19.3 Å². The smallest absolute Gasteiger partial charge is 0.0595 e. The molecule has 0 aromatic rings. The minimum atomic E-state index is 0.240. The molecule has 0 aromatic carbocycles. The summed E-state index contributed by atoms with van der Waals surface area (Å²) in [5.74, 6) is 0. The lowest BCUT2D eigenvalue weighted by molar-refractivity contribution is 0.0385. The Balaban J connectivity index is 2.12. The minimum absolute atomic E-state index is 0.240. The number of nitrogens with zero attached hydrogens (tertiary/aromatic N) is 1. The summed E-state index contributed by atoms with van der Waals surface area (Å²) in [6, 6.07) is 0.240. The molecule has 1 saturated heterocycles. The molecule has 0 radical (unpaired) electrons. The molecule has 0 amide bonds. The molecule has 1 atom stereocenters. The third kappa shape index (κ3) is 4.93. The number of hydrogen-bond acceptors (Lipinski definition) is 4. The standard InChI is InChI=1S/C11H24N2O2/c1-14-8-5-10(12)9-13-6-3-11(15-2)4-7-13/h10-11H,3-9,12H2,1-2H3. The van der Waals surface area contributed by atoms with Crippen molar-refractivity contribution in [1.29, 1.82) is 0 Å². The lowest BCUT2D eigenvalue weighted by Crippen LogP contribution is -2.43. The maximum absolute atomic E-state index is 6.00. The summed E-state index contributed by atoms with van der Waals surface area (Å²) in [4.78, 5) is 2.43. The van der Waals surface area contributed by atoms with Crippen LogP contribution in [-0.4, -0.2) is 57.5 Å². The van der Waals surface area contributed by atoms with Crippen LogP contribution in [0.15, 0.2) is 0 Å². The van der Waals surface area contributed by atoms with Gasteiger partial charge < -0.3 is 20.1 Å². The molecule has 0 spiro atoms. The average molecular weight is 216 g/mol. The predicted molar refractivity (Wildman–Crippen MR) is 60.9 cm³/mol. The highest BCUT2D eigenvalue weighted by atomic mass is 16.5. The fourth-order valence-electron chi connectivity index (χ4n) is 2.02. The van der Waals surface area contributed by atoms with Crippen molar-refractivity contribution in [3.63, 3.8) is 0 Å². The summed E-state index contributed by atoms with van der Waals surface area (Å²) < 4.78 is 10.3. The van der Waals surface area contributed by atoms with E-state index in [0.717, 1.165) is 45.5 Å².